The molecule has 1 aromatic heterocycles. The molecule has 2 fully saturated rings. The van der Waals surface area contributed by atoms with Crippen LogP contribution < -0.4 is 0 Å². The first-order chi connectivity index (χ1) is 15.2. The topological polar surface area (TPSA) is 36.4 Å². The van der Waals surface area contributed by atoms with E-state index in [0.717, 1.165) is 86.1 Å². The highest BCUT2D eigenvalue weighted by Gasteiger charge is 2.29. The van der Waals surface area contributed by atoms with Crippen LogP contribution in [0.25, 0.3) is 10.9 Å². The second-order valence-electron chi connectivity index (χ2n) is 8.79. The van der Waals surface area contributed by atoms with Gasteiger partial charge in [-0.2, -0.15) is 0 Å². The standard InChI is InChI=1S/C26H28FN3O/c27-22-9-7-19(8-10-22)18-29-15-11-20(12-16-29)25-23(26(31)30-13-3-4-14-30)17-21-5-1-2-6-24(21)28-25/h1-2,5-10,17,20H,3-4,11-16,18H2. The maximum absolute atomic E-state index is 13.3. The van der Waals surface area contributed by atoms with Crippen molar-refractivity contribution >= 4 is 16.8 Å². The number of amides is 1. The second kappa shape index (κ2) is 8.75. The molecule has 0 atom stereocenters. The Kier molecular flexibility index (Phi) is 5.68. The van der Waals surface area contributed by atoms with Crippen LogP contribution in [-0.4, -0.2) is 46.9 Å². The highest BCUT2D eigenvalue weighted by molar-refractivity contribution is 5.99. The van der Waals surface area contributed by atoms with E-state index in [2.05, 4.69) is 11.0 Å². The summed E-state index contributed by atoms with van der Waals surface area (Å²) >= 11 is 0. The molecule has 4 nitrogen and oxygen atoms in total. The van der Waals surface area contributed by atoms with Crippen LogP contribution in [0.2, 0.25) is 0 Å². The van der Waals surface area contributed by atoms with Crippen molar-refractivity contribution in [2.45, 2.75) is 38.1 Å². The molecule has 3 aromatic rings. The largest absolute Gasteiger partial charge is 0.339 e. The fraction of sp³-hybridized carbons (Fsp3) is 0.385. The van der Waals surface area contributed by atoms with Crippen LogP contribution in [0.4, 0.5) is 4.39 Å². The average Bonchev–Trinajstić information content (AvgIpc) is 3.35. The minimum absolute atomic E-state index is 0.138. The third kappa shape index (κ3) is 4.33. The van der Waals surface area contributed by atoms with Crippen LogP contribution in [-0.2, 0) is 6.54 Å². The summed E-state index contributed by atoms with van der Waals surface area (Å²) in [7, 11) is 0. The lowest BCUT2D eigenvalue weighted by atomic mass is 9.89. The van der Waals surface area contributed by atoms with Gasteiger partial charge in [0.1, 0.15) is 5.82 Å². The molecule has 0 N–H and O–H groups in total. The molecule has 3 heterocycles. The highest BCUT2D eigenvalue weighted by Crippen LogP contribution is 2.32. The monoisotopic (exact) mass is 417 g/mol. The van der Waals surface area contributed by atoms with Gasteiger partial charge in [0.05, 0.1) is 16.8 Å². The Labute approximate surface area is 182 Å². The van der Waals surface area contributed by atoms with Crippen LogP contribution in [0.1, 0.15) is 53.2 Å². The Balaban J connectivity index is 1.37. The molecule has 2 saturated heterocycles. The van der Waals surface area contributed by atoms with Crippen molar-refractivity contribution in [2.24, 2.45) is 0 Å². The van der Waals surface area contributed by atoms with Gasteiger partial charge in [0.15, 0.2) is 0 Å². The fourth-order valence-corrected chi connectivity index (χ4v) is 4.92. The summed E-state index contributed by atoms with van der Waals surface area (Å²) in [6.07, 6.45) is 4.13. The van der Waals surface area contributed by atoms with Crippen molar-refractivity contribution in [3.05, 3.63) is 77.2 Å². The summed E-state index contributed by atoms with van der Waals surface area (Å²) in [6.45, 7) is 4.43. The summed E-state index contributed by atoms with van der Waals surface area (Å²) in [5.74, 6) is 0.232. The molecule has 160 valence electrons. The van der Waals surface area contributed by atoms with Crippen molar-refractivity contribution < 1.29 is 9.18 Å². The van der Waals surface area contributed by atoms with E-state index in [9.17, 15) is 9.18 Å². The number of para-hydroxylation sites is 1. The molecule has 2 aliphatic heterocycles. The van der Waals surface area contributed by atoms with Gasteiger partial charge in [-0.05, 0) is 68.6 Å². The van der Waals surface area contributed by atoms with Crippen molar-refractivity contribution in [3.63, 3.8) is 0 Å². The van der Waals surface area contributed by atoms with Crippen molar-refractivity contribution in [2.75, 3.05) is 26.2 Å². The van der Waals surface area contributed by atoms with E-state index < -0.39 is 0 Å². The number of piperidine rings is 1. The van der Waals surface area contributed by atoms with E-state index in [1.807, 2.05) is 41.3 Å². The van der Waals surface area contributed by atoms with E-state index in [1.54, 1.807) is 0 Å². The Hall–Kier alpha value is -2.79. The number of hydrogen-bond donors (Lipinski definition) is 0. The number of likely N-dealkylation sites (tertiary alicyclic amines) is 2. The lowest BCUT2D eigenvalue weighted by Crippen LogP contribution is -2.34. The van der Waals surface area contributed by atoms with Gasteiger partial charge >= 0.3 is 0 Å². The highest BCUT2D eigenvalue weighted by atomic mass is 19.1. The predicted octanol–water partition coefficient (Wildman–Crippen LogP) is 4.99. The molecule has 5 heteroatoms. The number of aromatic nitrogens is 1. The van der Waals surface area contributed by atoms with E-state index in [0.29, 0.717) is 0 Å². The first-order valence-electron chi connectivity index (χ1n) is 11.3. The minimum Gasteiger partial charge on any atom is -0.339 e. The van der Waals surface area contributed by atoms with Crippen molar-refractivity contribution in [1.82, 2.24) is 14.8 Å². The Bertz CT molecular complexity index is 1070. The molecule has 31 heavy (non-hydrogen) atoms. The fourth-order valence-electron chi connectivity index (χ4n) is 4.92. The van der Waals surface area contributed by atoms with Crippen LogP contribution in [0.15, 0.2) is 54.6 Å². The molecule has 2 aliphatic rings. The van der Waals surface area contributed by atoms with E-state index in [4.69, 9.17) is 4.98 Å². The molecule has 5 rings (SSSR count). The molecule has 0 radical (unpaired) electrons. The summed E-state index contributed by atoms with van der Waals surface area (Å²) in [6, 6.07) is 16.9. The number of pyridine rings is 1. The van der Waals surface area contributed by atoms with Gasteiger partial charge in [0, 0.05) is 30.9 Å². The Morgan fingerprint density at radius 1 is 0.968 bits per heavy atom. The molecule has 0 bridgehead atoms. The number of nitrogens with zero attached hydrogens (tertiary/aromatic N) is 3. The summed E-state index contributed by atoms with van der Waals surface area (Å²) in [4.78, 5) is 22.7. The zero-order valence-electron chi connectivity index (χ0n) is 17.8. The van der Waals surface area contributed by atoms with E-state index in [1.165, 1.54) is 12.1 Å². The minimum atomic E-state index is -0.194. The van der Waals surface area contributed by atoms with Gasteiger partial charge in [-0.1, -0.05) is 30.3 Å². The number of hydrogen-bond acceptors (Lipinski definition) is 3. The second-order valence-corrected chi connectivity index (χ2v) is 8.79. The average molecular weight is 418 g/mol. The third-order valence-electron chi connectivity index (χ3n) is 6.67. The number of carbonyl (C=O) groups excluding carboxylic acids is 1. The number of fused-ring (bicyclic) bond motifs is 1. The summed E-state index contributed by atoms with van der Waals surface area (Å²) in [5.41, 5.74) is 3.85. The van der Waals surface area contributed by atoms with Crippen LogP contribution in [0.5, 0.6) is 0 Å². The number of rotatable bonds is 4. The first-order valence-corrected chi connectivity index (χ1v) is 11.3. The third-order valence-corrected chi connectivity index (χ3v) is 6.67. The molecule has 0 spiro atoms. The quantitative estimate of drug-likeness (QED) is 0.600. The summed E-state index contributed by atoms with van der Waals surface area (Å²) in [5, 5.41) is 1.03. The Morgan fingerprint density at radius 2 is 1.68 bits per heavy atom. The van der Waals surface area contributed by atoms with Gasteiger partial charge < -0.3 is 4.90 Å². The van der Waals surface area contributed by atoms with Crippen molar-refractivity contribution in [1.29, 1.82) is 0 Å². The SMILES string of the molecule is O=C(c1cc2ccccc2nc1C1CCN(Cc2ccc(F)cc2)CC1)N1CCCC1. The zero-order valence-corrected chi connectivity index (χ0v) is 17.8. The van der Waals surface area contributed by atoms with Crippen LogP contribution >= 0.6 is 0 Å². The molecule has 1 amide bonds. The molecular formula is C26H28FN3O. The zero-order chi connectivity index (χ0) is 21.2. The van der Waals surface area contributed by atoms with E-state index >= 15 is 0 Å². The van der Waals surface area contributed by atoms with Crippen LogP contribution in [0.3, 0.4) is 0 Å². The number of benzene rings is 2. The van der Waals surface area contributed by atoms with Crippen molar-refractivity contribution in [3.8, 4) is 0 Å². The number of halogens is 1. The van der Waals surface area contributed by atoms with Gasteiger partial charge in [0.2, 0.25) is 0 Å². The van der Waals surface area contributed by atoms with Gasteiger partial charge in [-0.25, -0.2) is 4.39 Å². The van der Waals surface area contributed by atoms with Gasteiger partial charge in [0.25, 0.3) is 5.91 Å². The number of carbonyl (C=O) groups is 1. The van der Waals surface area contributed by atoms with Gasteiger partial charge in [-0.3, -0.25) is 14.7 Å². The van der Waals surface area contributed by atoms with Crippen LogP contribution in [0, 0.1) is 5.82 Å². The maximum atomic E-state index is 13.3. The van der Waals surface area contributed by atoms with Gasteiger partial charge in [-0.15, -0.1) is 0 Å². The Morgan fingerprint density at radius 3 is 2.42 bits per heavy atom. The lowest BCUT2D eigenvalue weighted by molar-refractivity contribution is 0.0790. The molecule has 2 aromatic carbocycles. The lowest BCUT2D eigenvalue weighted by Gasteiger charge is -2.32. The molecular weight excluding hydrogens is 389 g/mol. The maximum Gasteiger partial charge on any atom is 0.255 e. The normalized spacial score (nSPS) is 18.0. The predicted molar refractivity (Wildman–Crippen MR) is 121 cm³/mol. The molecule has 0 unspecified atom stereocenters. The first kappa shape index (κ1) is 20.1. The molecule has 0 aliphatic carbocycles. The molecule has 0 saturated carbocycles. The van der Waals surface area contributed by atoms with E-state index in [-0.39, 0.29) is 17.6 Å². The summed E-state index contributed by atoms with van der Waals surface area (Å²) < 4.78 is 13.2. The smallest absolute Gasteiger partial charge is 0.255 e.